The Morgan fingerprint density at radius 1 is 0.812 bits per heavy atom. The summed E-state index contributed by atoms with van der Waals surface area (Å²) in [6.45, 7) is 2.09. The quantitative estimate of drug-likeness (QED) is 0.342. The lowest BCUT2D eigenvalue weighted by Gasteiger charge is -2.11. The zero-order chi connectivity index (χ0) is 22.4. The van der Waals surface area contributed by atoms with E-state index in [0.717, 1.165) is 43.9 Å². The van der Waals surface area contributed by atoms with Gasteiger partial charge >= 0.3 is 0 Å². The number of benzene rings is 2. The van der Waals surface area contributed by atoms with Crippen molar-refractivity contribution in [3.05, 3.63) is 95.8 Å². The SMILES string of the molecule is COc1ccc(C(=CCCCNCCCCc2cccnc2)c2ccc(OC)cc2)cc1. The topological polar surface area (TPSA) is 43.4 Å². The predicted octanol–water partition coefficient (Wildman–Crippen LogP) is 5.92. The molecule has 168 valence electrons. The number of hydrogen-bond acceptors (Lipinski definition) is 4. The Labute approximate surface area is 192 Å². The average molecular weight is 431 g/mol. The van der Waals surface area contributed by atoms with Crippen molar-refractivity contribution in [2.45, 2.75) is 32.1 Å². The molecule has 1 heterocycles. The van der Waals surface area contributed by atoms with Gasteiger partial charge in [0.25, 0.3) is 0 Å². The third-order valence-corrected chi connectivity index (χ3v) is 5.50. The zero-order valence-electron chi connectivity index (χ0n) is 19.2. The number of allylic oxidation sites excluding steroid dienone is 1. The van der Waals surface area contributed by atoms with Gasteiger partial charge in [-0.25, -0.2) is 0 Å². The fraction of sp³-hybridized carbons (Fsp3) is 0.321. The summed E-state index contributed by atoms with van der Waals surface area (Å²) >= 11 is 0. The van der Waals surface area contributed by atoms with E-state index in [1.54, 1.807) is 14.2 Å². The minimum Gasteiger partial charge on any atom is -0.497 e. The highest BCUT2D eigenvalue weighted by atomic mass is 16.5. The number of unbranched alkanes of at least 4 members (excludes halogenated alkanes) is 2. The van der Waals surface area contributed by atoms with Crippen LogP contribution in [0.3, 0.4) is 0 Å². The highest BCUT2D eigenvalue weighted by Crippen LogP contribution is 2.27. The van der Waals surface area contributed by atoms with Crippen molar-refractivity contribution >= 4 is 5.57 Å². The van der Waals surface area contributed by atoms with Gasteiger partial charge in [-0.15, -0.1) is 0 Å². The molecule has 0 radical (unpaired) electrons. The van der Waals surface area contributed by atoms with E-state index in [-0.39, 0.29) is 0 Å². The highest BCUT2D eigenvalue weighted by molar-refractivity contribution is 5.80. The predicted molar refractivity (Wildman–Crippen MR) is 132 cm³/mol. The summed E-state index contributed by atoms with van der Waals surface area (Å²) in [6.07, 6.45) is 11.7. The Hall–Kier alpha value is -3.11. The summed E-state index contributed by atoms with van der Waals surface area (Å²) < 4.78 is 10.6. The maximum Gasteiger partial charge on any atom is 0.118 e. The summed E-state index contributed by atoms with van der Waals surface area (Å²) in [6, 6.07) is 20.7. The number of nitrogens with zero attached hydrogens (tertiary/aromatic N) is 1. The van der Waals surface area contributed by atoms with Gasteiger partial charge in [-0.1, -0.05) is 36.4 Å². The molecule has 1 N–H and O–H groups in total. The molecule has 0 unspecified atom stereocenters. The first-order valence-corrected chi connectivity index (χ1v) is 11.4. The van der Waals surface area contributed by atoms with Crippen molar-refractivity contribution in [1.82, 2.24) is 10.3 Å². The number of hydrogen-bond donors (Lipinski definition) is 1. The molecule has 0 saturated heterocycles. The maximum absolute atomic E-state index is 5.32. The summed E-state index contributed by atoms with van der Waals surface area (Å²) in [5.74, 6) is 1.74. The van der Waals surface area contributed by atoms with Crippen molar-refractivity contribution in [3.63, 3.8) is 0 Å². The molecule has 1 aromatic heterocycles. The number of ether oxygens (including phenoxy) is 2. The van der Waals surface area contributed by atoms with E-state index in [9.17, 15) is 0 Å². The summed E-state index contributed by atoms with van der Waals surface area (Å²) in [7, 11) is 3.39. The zero-order valence-corrected chi connectivity index (χ0v) is 19.2. The van der Waals surface area contributed by atoms with Gasteiger partial charge in [0.15, 0.2) is 0 Å². The van der Waals surface area contributed by atoms with E-state index in [1.165, 1.54) is 35.1 Å². The first-order chi connectivity index (χ1) is 15.8. The third-order valence-electron chi connectivity index (χ3n) is 5.50. The molecule has 4 nitrogen and oxygen atoms in total. The Morgan fingerprint density at radius 2 is 1.44 bits per heavy atom. The van der Waals surface area contributed by atoms with E-state index in [2.05, 4.69) is 46.7 Å². The van der Waals surface area contributed by atoms with Gasteiger partial charge in [-0.3, -0.25) is 4.98 Å². The van der Waals surface area contributed by atoms with Crippen LogP contribution in [0.5, 0.6) is 11.5 Å². The Kier molecular flexibility index (Phi) is 9.81. The van der Waals surface area contributed by atoms with Crippen molar-refractivity contribution in [2.24, 2.45) is 0 Å². The summed E-state index contributed by atoms with van der Waals surface area (Å²) in [5, 5.41) is 3.58. The number of aromatic nitrogens is 1. The van der Waals surface area contributed by atoms with Crippen LogP contribution in [0.4, 0.5) is 0 Å². The maximum atomic E-state index is 5.32. The minimum atomic E-state index is 0.871. The molecule has 0 atom stereocenters. The fourth-order valence-electron chi connectivity index (χ4n) is 3.67. The molecule has 0 aliphatic carbocycles. The molecule has 2 aromatic carbocycles. The smallest absolute Gasteiger partial charge is 0.118 e. The fourth-order valence-corrected chi connectivity index (χ4v) is 3.67. The van der Waals surface area contributed by atoms with Gasteiger partial charge in [0.1, 0.15) is 11.5 Å². The van der Waals surface area contributed by atoms with Gasteiger partial charge < -0.3 is 14.8 Å². The molecule has 0 fully saturated rings. The lowest BCUT2D eigenvalue weighted by molar-refractivity contribution is 0.414. The summed E-state index contributed by atoms with van der Waals surface area (Å²) in [4.78, 5) is 4.18. The molecule has 0 aliphatic rings. The van der Waals surface area contributed by atoms with Crippen LogP contribution < -0.4 is 14.8 Å². The normalized spacial score (nSPS) is 10.6. The van der Waals surface area contributed by atoms with Crippen LogP contribution >= 0.6 is 0 Å². The molecular weight excluding hydrogens is 396 g/mol. The molecule has 3 aromatic rings. The number of pyridine rings is 1. The molecule has 4 heteroatoms. The molecule has 0 aliphatic heterocycles. The second-order valence-electron chi connectivity index (χ2n) is 7.79. The van der Waals surface area contributed by atoms with Crippen LogP contribution in [0.1, 0.15) is 42.4 Å². The van der Waals surface area contributed by atoms with Crippen LogP contribution in [0.2, 0.25) is 0 Å². The molecule has 32 heavy (non-hydrogen) atoms. The number of rotatable bonds is 13. The van der Waals surface area contributed by atoms with Gasteiger partial charge in [0.2, 0.25) is 0 Å². The van der Waals surface area contributed by atoms with Gasteiger partial charge in [0, 0.05) is 12.4 Å². The molecule has 0 amide bonds. The second-order valence-corrected chi connectivity index (χ2v) is 7.79. The Balaban J connectivity index is 1.48. The van der Waals surface area contributed by atoms with E-state index in [1.807, 2.05) is 42.7 Å². The van der Waals surface area contributed by atoms with Crippen LogP contribution in [0.15, 0.2) is 79.1 Å². The van der Waals surface area contributed by atoms with Gasteiger partial charge in [0.05, 0.1) is 14.2 Å². The molecule has 3 rings (SSSR count). The highest BCUT2D eigenvalue weighted by Gasteiger charge is 2.06. The number of aryl methyl sites for hydroxylation is 1. The minimum absolute atomic E-state index is 0.871. The lowest BCUT2D eigenvalue weighted by atomic mass is 9.96. The van der Waals surface area contributed by atoms with Crippen molar-refractivity contribution < 1.29 is 9.47 Å². The van der Waals surface area contributed by atoms with E-state index in [4.69, 9.17) is 9.47 Å². The first kappa shape index (κ1) is 23.6. The Bertz CT molecular complexity index is 886. The first-order valence-electron chi connectivity index (χ1n) is 11.4. The molecule has 0 saturated carbocycles. The van der Waals surface area contributed by atoms with E-state index in [0.29, 0.717) is 0 Å². The second kappa shape index (κ2) is 13.3. The van der Waals surface area contributed by atoms with Crippen molar-refractivity contribution in [2.75, 3.05) is 27.3 Å². The molecular formula is C28H34N2O2. The summed E-state index contributed by atoms with van der Waals surface area (Å²) in [5.41, 5.74) is 4.95. The van der Waals surface area contributed by atoms with Gasteiger partial charge in [-0.05, 0) is 97.8 Å². The van der Waals surface area contributed by atoms with Crippen molar-refractivity contribution in [1.29, 1.82) is 0 Å². The van der Waals surface area contributed by atoms with E-state index < -0.39 is 0 Å². The largest absolute Gasteiger partial charge is 0.497 e. The van der Waals surface area contributed by atoms with Gasteiger partial charge in [-0.2, -0.15) is 0 Å². The average Bonchev–Trinajstić information content (AvgIpc) is 2.86. The monoisotopic (exact) mass is 430 g/mol. The van der Waals surface area contributed by atoms with Crippen LogP contribution in [-0.4, -0.2) is 32.3 Å². The third kappa shape index (κ3) is 7.54. The van der Waals surface area contributed by atoms with Crippen LogP contribution in [0, 0.1) is 0 Å². The Morgan fingerprint density at radius 3 is 2.00 bits per heavy atom. The standard InChI is InChI=1S/C28H34N2O2/c1-31-26-15-11-24(12-16-26)28(25-13-17-27(32-2)18-14-25)10-4-6-20-29-19-5-3-8-23-9-7-21-30-22-23/h7,9-18,21-22,29H,3-6,8,19-20H2,1-2H3. The number of methoxy groups -OCH3 is 2. The molecule has 0 spiro atoms. The number of nitrogens with one attached hydrogen (secondary N) is 1. The van der Waals surface area contributed by atoms with E-state index >= 15 is 0 Å². The lowest BCUT2D eigenvalue weighted by Crippen LogP contribution is -2.16. The molecule has 0 bridgehead atoms. The van der Waals surface area contributed by atoms with Crippen LogP contribution in [0.25, 0.3) is 5.57 Å². The van der Waals surface area contributed by atoms with Crippen LogP contribution in [-0.2, 0) is 6.42 Å². The van der Waals surface area contributed by atoms with Crippen molar-refractivity contribution in [3.8, 4) is 11.5 Å².